The highest BCUT2D eigenvalue weighted by Crippen LogP contribution is 2.33. The van der Waals surface area contributed by atoms with Gasteiger partial charge in [-0.05, 0) is 0 Å². The zero-order chi connectivity index (χ0) is 10.7. The Morgan fingerprint density at radius 2 is 2.29 bits per heavy atom. The van der Waals surface area contributed by atoms with E-state index in [4.69, 9.17) is 4.74 Å². The Labute approximate surface area is 87.9 Å². The largest absolute Gasteiger partial charge is 0.505 e. The topological polar surface area (TPSA) is 42.4 Å². The number of pyridine rings is 1. The summed E-state index contributed by atoms with van der Waals surface area (Å²) in [6, 6.07) is 1.40. The van der Waals surface area contributed by atoms with Gasteiger partial charge < -0.3 is 9.84 Å². The van der Waals surface area contributed by atoms with Gasteiger partial charge in [0.05, 0.1) is 7.11 Å². The molecule has 0 atom stereocenters. The first kappa shape index (κ1) is 11.2. The third-order valence-corrected chi connectivity index (χ3v) is 2.24. The van der Waals surface area contributed by atoms with Gasteiger partial charge in [0.1, 0.15) is 5.75 Å². The van der Waals surface area contributed by atoms with E-state index in [1.54, 1.807) is 0 Å². The van der Waals surface area contributed by atoms with Gasteiger partial charge in [-0.25, -0.2) is 13.8 Å². The number of methoxy groups -OCH3 is 1. The van der Waals surface area contributed by atoms with E-state index in [2.05, 4.69) is 20.9 Å². The van der Waals surface area contributed by atoms with Crippen LogP contribution in [0.2, 0.25) is 0 Å². The second-order valence-corrected chi connectivity index (χ2v) is 3.05. The van der Waals surface area contributed by atoms with Crippen molar-refractivity contribution in [3.05, 3.63) is 17.3 Å². The molecule has 0 aliphatic rings. The number of alkyl halides is 3. The van der Waals surface area contributed by atoms with Crippen molar-refractivity contribution in [3.8, 4) is 11.6 Å². The molecule has 1 rings (SSSR count). The summed E-state index contributed by atoms with van der Waals surface area (Å²) in [5.41, 5.74) is -0.328. The van der Waals surface area contributed by atoms with Gasteiger partial charge in [0.25, 0.3) is 6.43 Å². The fourth-order valence-electron chi connectivity index (χ4n) is 0.944. The molecule has 0 aliphatic carbocycles. The smallest absolute Gasteiger partial charge is 0.284 e. The third-order valence-electron chi connectivity index (χ3n) is 1.63. The third kappa shape index (κ3) is 2.12. The number of aromatic hydroxyl groups is 1. The zero-order valence-electron chi connectivity index (χ0n) is 7.30. The highest BCUT2D eigenvalue weighted by molar-refractivity contribution is 9.08. The van der Waals surface area contributed by atoms with Crippen LogP contribution in [0.3, 0.4) is 0 Å². The van der Waals surface area contributed by atoms with Crippen LogP contribution in [0.15, 0.2) is 6.07 Å². The van der Waals surface area contributed by atoms with Crippen molar-refractivity contribution in [2.24, 2.45) is 0 Å². The van der Waals surface area contributed by atoms with Crippen LogP contribution >= 0.6 is 15.9 Å². The van der Waals surface area contributed by atoms with Gasteiger partial charge in [0.2, 0.25) is 5.88 Å². The molecular weight excluding hydrogens is 260 g/mol. The first-order chi connectivity index (χ1) is 6.60. The Bertz CT molecular complexity index is 333. The molecule has 0 bridgehead atoms. The first-order valence-electron chi connectivity index (χ1n) is 3.71. The van der Waals surface area contributed by atoms with Crippen molar-refractivity contribution in [2.75, 3.05) is 7.11 Å². The Kier molecular flexibility index (Phi) is 3.62. The summed E-state index contributed by atoms with van der Waals surface area (Å²) in [7, 11) is 1.33. The van der Waals surface area contributed by atoms with Crippen molar-refractivity contribution >= 4 is 15.9 Å². The van der Waals surface area contributed by atoms with E-state index in [9.17, 15) is 13.9 Å². The highest BCUT2D eigenvalue weighted by atomic mass is 79.9. The fraction of sp³-hybridized carbons (Fsp3) is 0.375. The van der Waals surface area contributed by atoms with E-state index >= 15 is 0 Å². The van der Waals surface area contributed by atoms with E-state index in [-0.39, 0.29) is 11.2 Å². The zero-order valence-corrected chi connectivity index (χ0v) is 8.88. The molecule has 14 heavy (non-hydrogen) atoms. The lowest BCUT2D eigenvalue weighted by Crippen LogP contribution is -1.98. The van der Waals surface area contributed by atoms with Crippen LogP contribution in [0, 0.1) is 0 Å². The minimum Gasteiger partial charge on any atom is -0.505 e. The minimum atomic E-state index is -2.82. The van der Waals surface area contributed by atoms with Gasteiger partial charge >= 0.3 is 0 Å². The molecule has 3 nitrogen and oxygen atoms in total. The van der Waals surface area contributed by atoms with Crippen molar-refractivity contribution < 1.29 is 18.6 Å². The number of hydrogen-bond donors (Lipinski definition) is 1. The van der Waals surface area contributed by atoms with Gasteiger partial charge in [-0.1, -0.05) is 15.9 Å². The van der Waals surface area contributed by atoms with Gasteiger partial charge in [-0.3, -0.25) is 0 Å². The van der Waals surface area contributed by atoms with E-state index in [0.717, 1.165) is 0 Å². The van der Waals surface area contributed by atoms with Crippen molar-refractivity contribution in [2.45, 2.75) is 11.8 Å². The van der Waals surface area contributed by atoms with Crippen molar-refractivity contribution in [1.29, 1.82) is 0 Å². The van der Waals surface area contributed by atoms with E-state index < -0.39 is 17.9 Å². The fourth-order valence-corrected chi connectivity index (χ4v) is 1.37. The molecule has 0 radical (unpaired) electrons. The van der Waals surface area contributed by atoms with Crippen LogP contribution in [-0.4, -0.2) is 17.2 Å². The lowest BCUT2D eigenvalue weighted by Gasteiger charge is -2.08. The highest BCUT2D eigenvalue weighted by Gasteiger charge is 2.19. The molecule has 0 unspecified atom stereocenters. The molecule has 0 spiro atoms. The molecule has 1 aromatic heterocycles. The van der Waals surface area contributed by atoms with Crippen LogP contribution in [0.1, 0.15) is 17.7 Å². The standard InChI is InChI=1S/C8H8BrF2NO2/c1-14-5-2-4(3-9)7(13)6(12-5)8(10)11/h2,8,13H,3H2,1H3. The maximum absolute atomic E-state index is 12.4. The number of halogens is 3. The molecule has 78 valence electrons. The van der Waals surface area contributed by atoms with Crippen molar-refractivity contribution in [1.82, 2.24) is 4.98 Å². The molecule has 1 heterocycles. The van der Waals surface area contributed by atoms with Gasteiger partial charge in [0.15, 0.2) is 5.69 Å². The van der Waals surface area contributed by atoms with Gasteiger partial charge in [-0.2, -0.15) is 0 Å². The Hall–Kier alpha value is -0.910. The monoisotopic (exact) mass is 267 g/mol. The summed E-state index contributed by atoms with van der Waals surface area (Å²) in [6.45, 7) is 0. The van der Waals surface area contributed by atoms with E-state index in [1.807, 2.05) is 0 Å². The maximum Gasteiger partial charge on any atom is 0.284 e. The van der Waals surface area contributed by atoms with Gasteiger partial charge in [-0.15, -0.1) is 0 Å². The Morgan fingerprint density at radius 1 is 1.64 bits per heavy atom. The van der Waals surface area contributed by atoms with Crippen LogP contribution in [0.25, 0.3) is 0 Å². The quantitative estimate of drug-likeness (QED) is 0.857. The van der Waals surface area contributed by atoms with E-state index in [0.29, 0.717) is 5.56 Å². The van der Waals surface area contributed by atoms with Gasteiger partial charge in [0, 0.05) is 17.0 Å². The Balaban J connectivity index is 3.27. The molecule has 0 aromatic carbocycles. The molecule has 0 amide bonds. The average molecular weight is 268 g/mol. The molecular formula is C8H8BrF2NO2. The lowest BCUT2D eigenvalue weighted by molar-refractivity contribution is 0.140. The van der Waals surface area contributed by atoms with Crippen LogP contribution in [-0.2, 0) is 5.33 Å². The molecule has 1 N–H and O–H groups in total. The molecule has 0 saturated carbocycles. The van der Waals surface area contributed by atoms with Crippen LogP contribution < -0.4 is 4.74 Å². The van der Waals surface area contributed by atoms with E-state index in [1.165, 1.54) is 13.2 Å². The predicted octanol–water partition coefficient (Wildman–Crippen LogP) is 2.63. The molecule has 0 saturated heterocycles. The first-order valence-corrected chi connectivity index (χ1v) is 4.83. The average Bonchev–Trinajstić information content (AvgIpc) is 2.17. The maximum atomic E-state index is 12.4. The molecule has 0 fully saturated rings. The number of rotatable bonds is 3. The summed E-state index contributed by atoms with van der Waals surface area (Å²) in [5, 5.41) is 9.61. The predicted molar refractivity (Wildman–Crippen MR) is 50.0 cm³/mol. The minimum absolute atomic E-state index is 0.0625. The molecule has 1 aromatic rings. The van der Waals surface area contributed by atoms with Crippen LogP contribution in [0.4, 0.5) is 8.78 Å². The summed E-state index contributed by atoms with van der Waals surface area (Å²) in [4.78, 5) is 3.46. The number of hydrogen-bond acceptors (Lipinski definition) is 3. The normalized spacial score (nSPS) is 10.6. The Morgan fingerprint density at radius 3 is 2.71 bits per heavy atom. The number of aromatic nitrogens is 1. The lowest BCUT2D eigenvalue weighted by atomic mass is 10.2. The summed E-state index contributed by atoms with van der Waals surface area (Å²) >= 11 is 3.07. The second-order valence-electron chi connectivity index (χ2n) is 2.49. The summed E-state index contributed by atoms with van der Waals surface area (Å²) < 4.78 is 29.5. The van der Waals surface area contributed by atoms with Crippen molar-refractivity contribution in [3.63, 3.8) is 0 Å². The second kappa shape index (κ2) is 4.54. The number of ether oxygens (including phenoxy) is 1. The summed E-state index contributed by atoms with van der Waals surface area (Å²) in [5.74, 6) is -0.426. The summed E-state index contributed by atoms with van der Waals surface area (Å²) in [6.07, 6.45) is -2.82. The number of nitrogens with zero attached hydrogens (tertiary/aromatic N) is 1. The molecule has 6 heteroatoms. The molecule has 0 aliphatic heterocycles. The SMILES string of the molecule is COc1cc(CBr)c(O)c(C(F)F)n1. The van der Waals surface area contributed by atoms with Crippen LogP contribution in [0.5, 0.6) is 11.6 Å².